The molecular weight excluding hydrogens is 244 g/mol. The van der Waals surface area contributed by atoms with Crippen LogP contribution in [0.25, 0.3) is 0 Å². The van der Waals surface area contributed by atoms with Crippen molar-refractivity contribution in [1.29, 1.82) is 0 Å². The van der Waals surface area contributed by atoms with Gasteiger partial charge in [0.05, 0.1) is 17.3 Å². The third-order valence-corrected chi connectivity index (χ3v) is 2.82. The van der Waals surface area contributed by atoms with Gasteiger partial charge in [-0.3, -0.25) is 10.1 Å². The summed E-state index contributed by atoms with van der Waals surface area (Å²) in [5.74, 6) is -1.45. The smallest absolute Gasteiger partial charge is 0.345 e. The molecule has 0 fully saturated rings. The molecule has 86 valence electrons. The Kier molecular flexibility index (Phi) is 3.06. The molecule has 0 aliphatic heterocycles. The maximum absolute atomic E-state index is 11.6. The van der Waals surface area contributed by atoms with E-state index in [1.54, 1.807) is 0 Å². The van der Waals surface area contributed by atoms with Crippen molar-refractivity contribution in [3.63, 3.8) is 0 Å². The predicted octanol–water partition coefficient (Wildman–Crippen LogP) is 0.884. The van der Waals surface area contributed by atoms with E-state index in [1.165, 1.54) is 24.5 Å². The second-order valence-corrected chi connectivity index (χ2v) is 3.97. The normalized spacial score (nSPS) is 9.88. The van der Waals surface area contributed by atoms with E-state index in [-0.39, 0.29) is 15.7 Å². The Balaban J connectivity index is 2.12. The molecule has 0 spiro atoms. The molecule has 2 rings (SSSR count). The molecule has 2 heterocycles. The van der Waals surface area contributed by atoms with Gasteiger partial charge in [0.2, 0.25) is 5.95 Å². The number of aromatic carboxylic acids is 1. The highest BCUT2D eigenvalue weighted by Gasteiger charge is 2.13. The number of anilines is 1. The van der Waals surface area contributed by atoms with Crippen LogP contribution in [0.2, 0.25) is 0 Å². The van der Waals surface area contributed by atoms with E-state index in [0.717, 1.165) is 11.3 Å². The number of hydrogen-bond acceptors (Lipinski definition) is 6. The Morgan fingerprint density at radius 2 is 2.00 bits per heavy atom. The lowest BCUT2D eigenvalue weighted by molar-refractivity contribution is 0.0702. The van der Waals surface area contributed by atoms with E-state index in [0.29, 0.717) is 0 Å². The average Bonchev–Trinajstić information content (AvgIpc) is 2.79. The zero-order valence-corrected chi connectivity index (χ0v) is 9.14. The average molecular weight is 250 g/mol. The maximum atomic E-state index is 11.6. The van der Waals surface area contributed by atoms with Gasteiger partial charge < -0.3 is 5.11 Å². The van der Waals surface area contributed by atoms with Gasteiger partial charge in [-0.1, -0.05) is 0 Å². The monoisotopic (exact) mass is 250 g/mol. The van der Waals surface area contributed by atoms with Gasteiger partial charge in [0, 0.05) is 0 Å². The van der Waals surface area contributed by atoms with Crippen molar-refractivity contribution in [2.45, 2.75) is 0 Å². The number of carboxylic acid groups (broad SMARTS) is 1. The first-order chi connectivity index (χ1) is 8.16. The standard InChI is InChI=1S/C9H6N4O3S/c14-7(12-9-10-3-4-11-13-9)5-1-2-6(17-5)8(15)16/h1-4H,(H,15,16)(H,10,12,13,14). The summed E-state index contributed by atoms with van der Waals surface area (Å²) >= 11 is 0.881. The van der Waals surface area contributed by atoms with E-state index in [2.05, 4.69) is 20.5 Å². The Morgan fingerprint density at radius 3 is 2.59 bits per heavy atom. The molecule has 8 heteroatoms. The fourth-order valence-corrected chi connectivity index (χ4v) is 1.78. The predicted molar refractivity (Wildman–Crippen MR) is 59.1 cm³/mol. The van der Waals surface area contributed by atoms with Crippen LogP contribution in [-0.2, 0) is 0 Å². The molecule has 0 aliphatic rings. The van der Waals surface area contributed by atoms with Crippen molar-refractivity contribution in [2.75, 3.05) is 5.32 Å². The molecule has 2 aromatic rings. The molecule has 7 nitrogen and oxygen atoms in total. The van der Waals surface area contributed by atoms with Crippen LogP contribution in [0.15, 0.2) is 24.5 Å². The van der Waals surface area contributed by atoms with Crippen molar-refractivity contribution in [3.8, 4) is 0 Å². The first kappa shape index (κ1) is 11.1. The molecule has 0 radical (unpaired) electrons. The number of carboxylic acids is 1. The van der Waals surface area contributed by atoms with E-state index < -0.39 is 11.9 Å². The van der Waals surface area contributed by atoms with Crippen LogP contribution in [-0.4, -0.2) is 32.2 Å². The molecule has 0 atom stereocenters. The molecule has 0 saturated carbocycles. The Hall–Kier alpha value is -2.35. The van der Waals surface area contributed by atoms with Crippen molar-refractivity contribution in [1.82, 2.24) is 15.2 Å². The molecule has 0 aliphatic carbocycles. The number of hydrogen-bond donors (Lipinski definition) is 2. The lowest BCUT2D eigenvalue weighted by atomic mass is 10.4. The van der Waals surface area contributed by atoms with Crippen molar-refractivity contribution >= 4 is 29.2 Å². The largest absolute Gasteiger partial charge is 0.477 e. The van der Waals surface area contributed by atoms with Crippen LogP contribution in [0.1, 0.15) is 19.3 Å². The molecule has 2 N–H and O–H groups in total. The summed E-state index contributed by atoms with van der Waals surface area (Å²) in [6, 6.07) is 2.80. The van der Waals surface area contributed by atoms with Crippen LogP contribution >= 0.6 is 11.3 Å². The number of nitrogens with zero attached hydrogens (tertiary/aromatic N) is 3. The summed E-state index contributed by atoms with van der Waals surface area (Å²) in [6.45, 7) is 0. The van der Waals surface area contributed by atoms with Crippen LogP contribution in [0.4, 0.5) is 5.95 Å². The highest BCUT2D eigenvalue weighted by atomic mass is 32.1. The summed E-state index contributed by atoms with van der Waals surface area (Å²) in [5.41, 5.74) is 0. The van der Waals surface area contributed by atoms with Gasteiger partial charge in [0.25, 0.3) is 5.91 Å². The third-order valence-electron chi connectivity index (χ3n) is 1.75. The number of carbonyl (C=O) groups is 2. The maximum Gasteiger partial charge on any atom is 0.345 e. The van der Waals surface area contributed by atoms with Gasteiger partial charge in [0.15, 0.2) is 0 Å². The molecule has 0 bridgehead atoms. The number of rotatable bonds is 3. The molecule has 0 unspecified atom stereocenters. The quantitative estimate of drug-likeness (QED) is 0.837. The Morgan fingerprint density at radius 1 is 1.24 bits per heavy atom. The van der Waals surface area contributed by atoms with Crippen molar-refractivity contribution in [3.05, 3.63) is 34.3 Å². The van der Waals surface area contributed by atoms with Crippen LogP contribution in [0.3, 0.4) is 0 Å². The molecular formula is C9H6N4O3S. The summed E-state index contributed by atoms with van der Waals surface area (Å²) in [6.07, 6.45) is 2.77. The second-order valence-electron chi connectivity index (χ2n) is 2.89. The minimum Gasteiger partial charge on any atom is -0.477 e. The molecule has 0 aromatic carbocycles. The Bertz CT molecular complexity index is 554. The number of nitrogens with one attached hydrogen (secondary N) is 1. The minimum absolute atomic E-state index is 0.0720. The zero-order chi connectivity index (χ0) is 12.3. The van der Waals surface area contributed by atoms with E-state index >= 15 is 0 Å². The molecule has 1 amide bonds. The van der Waals surface area contributed by atoms with E-state index in [4.69, 9.17) is 5.11 Å². The molecule has 2 aromatic heterocycles. The highest BCUT2D eigenvalue weighted by Crippen LogP contribution is 2.17. The first-order valence-corrected chi connectivity index (χ1v) is 5.26. The Labute approximate surface area is 99.2 Å². The topological polar surface area (TPSA) is 105 Å². The van der Waals surface area contributed by atoms with Crippen LogP contribution in [0, 0.1) is 0 Å². The van der Waals surface area contributed by atoms with Gasteiger partial charge >= 0.3 is 5.97 Å². The summed E-state index contributed by atoms with van der Waals surface area (Å²) in [4.78, 5) is 26.4. The highest BCUT2D eigenvalue weighted by molar-refractivity contribution is 7.15. The van der Waals surface area contributed by atoms with Gasteiger partial charge in [0.1, 0.15) is 4.88 Å². The first-order valence-electron chi connectivity index (χ1n) is 4.45. The number of aromatic nitrogens is 3. The number of amides is 1. The van der Waals surface area contributed by atoms with E-state index in [1.807, 2.05) is 0 Å². The summed E-state index contributed by atoms with van der Waals surface area (Å²) < 4.78 is 0. The van der Waals surface area contributed by atoms with Crippen LogP contribution < -0.4 is 5.32 Å². The fraction of sp³-hybridized carbons (Fsp3) is 0. The summed E-state index contributed by atoms with van der Waals surface area (Å²) in [5, 5.41) is 18.2. The van der Waals surface area contributed by atoms with Gasteiger partial charge in [-0.2, -0.15) is 5.10 Å². The van der Waals surface area contributed by atoms with Crippen molar-refractivity contribution in [2.24, 2.45) is 0 Å². The third kappa shape index (κ3) is 2.61. The SMILES string of the molecule is O=C(O)c1ccc(C(=O)Nc2nccnn2)s1. The fourth-order valence-electron chi connectivity index (χ4n) is 1.04. The summed E-state index contributed by atoms with van der Waals surface area (Å²) in [7, 11) is 0. The lowest BCUT2D eigenvalue weighted by Gasteiger charge is -1.98. The van der Waals surface area contributed by atoms with Gasteiger partial charge in [-0.15, -0.1) is 16.4 Å². The second kappa shape index (κ2) is 4.66. The molecule has 0 saturated heterocycles. The number of carbonyl (C=O) groups excluding carboxylic acids is 1. The van der Waals surface area contributed by atoms with E-state index in [9.17, 15) is 9.59 Å². The lowest BCUT2D eigenvalue weighted by Crippen LogP contribution is -2.12. The van der Waals surface area contributed by atoms with Crippen LogP contribution in [0.5, 0.6) is 0 Å². The van der Waals surface area contributed by atoms with Crippen molar-refractivity contribution < 1.29 is 14.7 Å². The zero-order valence-electron chi connectivity index (χ0n) is 8.32. The van der Waals surface area contributed by atoms with Gasteiger partial charge in [-0.25, -0.2) is 9.78 Å². The molecule has 17 heavy (non-hydrogen) atoms. The minimum atomic E-state index is -1.06. The number of thiophene rings is 1. The van der Waals surface area contributed by atoms with Gasteiger partial charge in [-0.05, 0) is 12.1 Å².